The monoisotopic (exact) mass is 348 g/mol. The number of unbranched alkanes of at least 4 members (excludes halogenated alkanes) is 2. The van der Waals surface area contributed by atoms with Crippen LogP contribution in [0.5, 0.6) is 0 Å². The maximum Gasteiger partial charge on any atom is 0.338 e. The molecule has 0 radical (unpaired) electrons. The molecule has 0 aliphatic rings. The number of hydrogen-bond donors (Lipinski definition) is 2. The molecule has 24 heavy (non-hydrogen) atoms. The van der Waals surface area contributed by atoms with E-state index >= 15 is 0 Å². The van der Waals surface area contributed by atoms with E-state index in [9.17, 15) is 15.0 Å². The van der Waals surface area contributed by atoms with Crippen LogP contribution in [0.4, 0.5) is 0 Å². The Hall–Kier alpha value is -1.61. The molecule has 0 saturated heterocycles. The maximum absolute atomic E-state index is 12.0. The van der Waals surface area contributed by atoms with Crippen LogP contribution in [-0.2, 0) is 24.4 Å². The highest BCUT2D eigenvalue weighted by atomic mass is 28.3. The zero-order valence-corrected chi connectivity index (χ0v) is 16.1. The van der Waals surface area contributed by atoms with Crippen LogP contribution in [-0.4, -0.2) is 31.4 Å². The number of aliphatic hydroxyl groups is 2. The van der Waals surface area contributed by atoms with Crippen molar-refractivity contribution in [3.05, 3.63) is 34.4 Å². The fraction of sp³-hybridized carbons (Fsp3) is 0.526. The average molecular weight is 349 g/mol. The lowest BCUT2D eigenvalue weighted by molar-refractivity contribution is 0.0599. The van der Waals surface area contributed by atoms with Gasteiger partial charge in [-0.05, 0) is 42.0 Å². The lowest BCUT2D eigenvalue weighted by Gasteiger charge is -2.13. The van der Waals surface area contributed by atoms with Crippen molar-refractivity contribution in [1.82, 2.24) is 0 Å². The first-order valence-electron chi connectivity index (χ1n) is 8.27. The highest BCUT2D eigenvalue weighted by Crippen LogP contribution is 2.21. The van der Waals surface area contributed by atoms with E-state index in [1.54, 1.807) is 12.1 Å². The molecule has 5 heteroatoms. The molecule has 0 aliphatic carbocycles. The topological polar surface area (TPSA) is 66.8 Å². The molecular weight excluding hydrogens is 320 g/mol. The predicted octanol–water partition coefficient (Wildman–Crippen LogP) is 3.05. The van der Waals surface area contributed by atoms with Gasteiger partial charge in [0.25, 0.3) is 0 Å². The van der Waals surface area contributed by atoms with Gasteiger partial charge in [-0.3, -0.25) is 0 Å². The Morgan fingerprint density at radius 1 is 1.08 bits per heavy atom. The molecule has 0 fully saturated rings. The molecular formula is C19H28O4Si. The van der Waals surface area contributed by atoms with Crippen molar-refractivity contribution in [2.75, 3.05) is 7.11 Å². The highest BCUT2D eigenvalue weighted by molar-refractivity contribution is 6.83. The van der Waals surface area contributed by atoms with Gasteiger partial charge in [-0.1, -0.05) is 25.7 Å². The molecule has 1 rings (SSSR count). The van der Waals surface area contributed by atoms with E-state index in [2.05, 4.69) is 31.1 Å². The first kappa shape index (κ1) is 20.4. The minimum Gasteiger partial charge on any atom is -0.465 e. The van der Waals surface area contributed by atoms with E-state index < -0.39 is 14.0 Å². The largest absolute Gasteiger partial charge is 0.465 e. The minimum atomic E-state index is -1.31. The molecule has 0 heterocycles. The average Bonchev–Trinajstić information content (AvgIpc) is 2.55. The van der Waals surface area contributed by atoms with Crippen LogP contribution in [0.25, 0.3) is 0 Å². The zero-order valence-electron chi connectivity index (χ0n) is 15.1. The number of carbonyl (C=O) groups excluding carboxylic acids is 1. The van der Waals surface area contributed by atoms with Gasteiger partial charge in [0.05, 0.1) is 25.9 Å². The van der Waals surface area contributed by atoms with Gasteiger partial charge in [0.15, 0.2) is 0 Å². The van der Waals surface area contributed by atoms with Crippen molar-refractivity contribution in [3.8, 4) is 11.5 Å². The second-order valence-corrected chi connectivity index (χ2v) is 11.6. The number of methoxy groups -OCH3 is 1. The number of hydrogen-bond acceptors (Lipinski definition) is 4. The first-order chi connectivity index (χ1) is 11.3. The number of esters is 1. The third-order valence-electron chi connectivity index (χ3n) is 3.63. The van der Waals surface area contributed by atoms with E-state index in [1.165, 1.54) is 7.11 Å². The number of aryl methyl sites for hydroxylation is 1. The van der Waals surface area contributed by atoms with Gasteiger partial charge < -0.3 is 14.9 Å². The normalized spacial score (nSPS) is 10.9. The summed E-state index contributed by atoms with van der Waals surface area (Å²) in [5, 5.41) is 18.8. The number of benzene rings is 1. The summed E-state index contributed by atoms with van der Waals surface area (Å²) in [6.07, 6.45) is 3.46. The molecule has 132 valence electrons. The van der Waals surface area contributed by atoms with E-state index in [4.69, 9.17) is 4.74 Å². The molecule has 0 unspecified atom stereocenters. The third-order valence-corrected chi connectivity index (χ3v) is 4.56. The summed E-state index contributed by atoms with van der Waals surface area (Å²) in [6.45, 7) is 6.30. The van der Waals surface area contributed by atoms with Crippen molar-refractivity contribution in [3.63, 3.8) is 0 Å². The number of aliphatic hydroxyl groups excluding tert-OH is 2. The van der Waals surface area contributed by atoms with Gasteiger partial charge in [0.1, 0.15) is 8.07 Å². The van der Waals surface area contributed by atoms with Crippen molar-refractivity contribution >= 4 is 14.0 Å². The number of carbonyl (C=O) groups is 1. The molecule has 1 aromatic rings. The molecule has 0 aromatic heterocycles. The van der Waals surface area contributed by atoms with Crippen LogP contribution in [0, 0.1) is 11.5 Å². The Morgan fingerprint density at radius 3 is 2.25 bits per heavy atom. The van der Waals surface area contributed by atoms with Gasteiger partial charge in [0, 0.05) is 6.42 Å². The van der Waals surface area contributed by atoms with Crippen LogP contribution >= 0.6 is 0 Å². The van der Waals surface area contributed by atoms with E-state index in [0.29, 0.717) is 16.7 Å². The molecule has 0 aliphatic heterocycles. The number of rotatable bonds is 7. The second kappa shape index (κ2) is 9.63. The van der Waals surface area contributed by atoms with Crippen LogP contribution in [0.1, 0.15) is 46.3 Å². The molecule has 0 saturated carbocycles. The van der Waals surface area contributed by atoms with Gasteiger partial charge in [0.2, 0.25) is 0 Å². The fourth-order valence-corrected chi connectivity index (χ4v) is 3.05. The van der Waals surface area contributed by atoms with Crippen LogP contribution < -0.4 is 0 Å². The summed E-state index contributed by atoms with van der Waals surface area (Å²) in [5.41, 5.74) is 5.87. The summed E-state index contributed by atoms with van der Waals surface area (Å²) in [6, 6.07) is 3.42. The minimum absolute atomic E-state index is 0.161. The Morgan fingerprint density at radius 2 is 1.71 bits per heavy atom. The van der Waals surface area contributed by atoms with Crippen LogP contribution in [0.15, 0.2) is 12.1 Å². The molecule has 0 spiro atoms. The van der Waals surface area contributed by atoms with Gasteiger partial charge in [-0.25, -0.2) is 4.79 Å². The molecule has 2 N–H and O–H groups in total. The maximum atomic E-state index is 12.0. The summed E-state index contributed by atoms with van der Waals surface area (Å²) >= 11 is 0. The highest BCUT2D eigenvalue weighted by Gasteiger charge is 2.15. The molecule has 0 atom stereocenters. The Kier molecular flexibility index (Phi) is 8.20. The van der Waals surface area contributed by atoms with Crippen molar-refractivity contribution in [1.29, 1.82) is 0 Å². The van der Waals surface area contributed by atoms with Crippen molar-refractivity contribution in [2.24, 2.45) is 0 Å². The van der Waals surface area contributed by atoms with E-state index in [-0.39, 0.29) is 13.2 Å². The lowest BCUT2D eigenvalue weighted by atomic mass is 9.95. The summed E-state index contributed by atoms with van der Waals surface area (Å²) in [5.74, 6) is 2.83. The fourth-order valence-electron chi connectivity index (χ4n) is 2.40. The van der Waals surface area contributed by atoms with Crippen molar-refractivity contribution in [2.45, 2.75) is 58.5 Å². The van der Waals surface area contributed by atoms with Crippen molar-refractivity contribution < 1.29 is 19.7 Å². The van der Waals surface area contributed by atoms with Crippen LogP contribution in [0.2, 0.25) is 19.6 Å². The van der Waals surface area contributed by atoms with Gasteiger partial charge in [-0.2, -0.15) is 0 Å². The zero-order chi connectivity index (χ0) is 18.2. The van der Waals surface area contributed by atoms with E-state index in [0.717, 1.165) is 31.2 Å². The molecule has 0 bridgehead atoms. The van der Waals surface area contributed by atoms with Crippen LogP contribution in [0.3, 0.4) is 0 Å². The lowest BCUT2D eigenvalue weighted by Crippen LogP contribution is -2.16. The standard InChI is InChI=1S/C19H28O4Si/c1-23-19(22)18-12-17(14-21)16(13-20)11-15(18)9-7-5-6-8-10-24(2,3)4/h11-12,20-21H,5-7,9,13-14H2,1-4H3. The third kappa shape index (κ3) is 6.48. The predicted molar refractivity (Wildman–Crippen MR) is 98.3 cm³/mol. The quantitative estimate of drug-likeness (QED) is 0.344. The first-order valence-corrected chi connectivity index (χ1v) is 11.8. The summed E-state index contributed by atoms with van der Waals surface area (Å²) < 4.78 is 4.83. The SMILES string of the molecule is COC(=O)c1cc(CO)c(CO)cc1CCCCC#C[Si](C)(C)C. The smallest absolute Gasteiger partial charge is 0.338 e. The Balaban J connectivity index is 2.81. The Bertz CT molecular complexity index is 621. The molecule has 0 amide bonds. The molecule has 4 nitrogen and oxygen atoms in total. The molecule has 1 aromatic carbocycles. The van der Waals surface area contributed by atoms with Gasteiger partial charge in [-0.15, -0.1) is 11.5 Å². The second-order valence-electron chi connectivity index (χ2n) is 6.84. The van der Waals surface area contributed by atoms with Gasteiger partial charge >= 0.3 is 5.97 Å². The Labute approximate surface area is 145 Å². The summed E-state index contributed by atoms with van der Waals surface area (Å²) in [4.78, 5) is 12.0. The van der Waals surface area contributed by atoms with E-state index in [1.807, 2.05) is 0 Å². The number of ether oxygens (including phenoxy) is 1. The summed E-state index contributed by atoms with van der Waals surface area (Å²) in [7, 11) is 0.0371.